The van der Waals surface area contributed by atoms with Gasteiger partial charge in [-0.1, -0.05) is 57.9 Å². The maximum atomic E-state index is 13.6. The molecule has 0 aliphatic rings. The van der Waals surface area contributed by atoms with Crippen LogP contribution in [0.2, 0.25) is 0 Å². The number of carbonyl (C=O) groups excluding carboxylic acids is 1. The minimum absolute atomic E-state index is 0.00535. The van der Waals surface area contributed by atoms with Crippen LogP contribution >= 0.6 is 15.9 Å². The predicted octanol–water partition coefficient (Wildman–Crippen LogP) is 5.11. The van der Waals surface area contributed by atoms with Gasteiger partial charge in [-0.3, -0.25) is 14.2 Å². The van der Waals surface area contributed by atoms with Crippen molar-refractivity contribution in [3.8, 4) is 0 Å². The average Bonchev–Trinajstić information content (AvgIpc) is 3.11. The number of benzene rings is 3. The number of anilines is 1. The second-order valence-electron chi connectivity index (χ2n) is 8.02. The van der Waals surface area contributed by atoms with Gasteiger partial charge in [0, 0.05) is 15.5 Å². The van der Waals surface area contributed by atoms with Gasteiger partial charge in [-0.05, 0) is 48.9 Å². The molecule has 0 bridgehead atoms. The third kappa shape index (κ3) is 4.19. The number of aryl methyl sites for hydroxylation is 1. The Kier molecular flexibility index (Phi) is 5.56. The molecule has 0 atom stereocenters. The van der Waals surface area contributed by atoms with Gasteiger partial charge in [0.1, 0.15) is 17.6 Å². The van der Waals surface area contributed by atoms with Gasteiger partial charge >= 0.3 is 0 Å². The zero-order valence-corrected chi connectivity index (χ0v) is 19.5. The molecule has 7 heteroatoms. The van der Waals surface area contributed by atoms with E-state index >= 15 is 0 Å². The highest BCUT2D eigenvalue weighted by Crippen LogP contribution is 2.26. The third-order valence-electron chi connectivity index (χ3n) is 5.61. The minimum Gasteiger partial charge on any atom is -0.325 e. The summed E-state index contributed by atoms with van der Waals surface area (Å²) in [4.78, 5) is 31.1. The number of hydrogen-bond acceptors (Lipinski definition) is 3. The second kappa shape index (κ2) is 8.67. The van der Waals surface area contributed by atoms with Crippen molar-refractivity contribution in [2.45, 2.75) is 20.0 Å². The standard InChI is InChI=1S/C26H21BrN4O2/c1-17-7-12-22-21(13-17)24-25(26(33)30(16-28-24)14-18-5-3-2-4-6-18)31(22)15-23(32)29-20-10-8-19(27)9-11-20/h2-13,16H,14-15H2,1H3,(H,29,32). The number of hydrogen-bond donors (Lipinski definition) is 1. The molecule has 1 amide bonds. The highest BCUT2D eigenvalue weighted by molar-refractivity contribution is 9.10. The van der Waals surface area contributed by atoms with Gasteiger partial charge in [-0.25, -0.2) is 4.98 Å². The Balaban J connectivity index is 1.60. The fourth-order valence-electron chi connectivity index (χ4n) is 4.05. The first-order valence-corrected chi connectivity index (χ1v) is 11.4. The molecule has 2 heterocycles. The molecule has 164 valence electrons. The monoisotopic (exact) mass is 500 g/mol. The van der Waals surface area contributed by atoms with Crippen LogP contribution in [0.5, 0.6) is 0 Å². The van der Waals surface area contributed by atoms with E-state index in [4.69, 9.17) is 0 Å². The van der Waals surface area contributed by atoms with Crippen molar-refractivity contribution in [3.05, 3.63) is 105 Å². The van der Waals surface area contributed by atoms with Crippen LogP contribution in [0.3, 0.4) is 0 Å². The molecule has 0 aliphatic carbocycles. The molecule has 6 nitrogen and oxygen atoms in total. The summed E-state index contributed by atoms with van der Waals surface area (Å²) in [5.41, 5.74) is 4.44. The Bertz CT molecular complexity index is 1540. The van der Waals surface area contributed by atoms with Crippen molar-refractivity contribution >= 4 is 49.5 Å². The van der Waals surface area contributed by atoms with E-state index in [-0.39, 0.29) is 18.0 Å². The smallest absolute Gasteiger partial charge is 0.278 e. The number of halogens is 1. The van der Waals surface area contributed by atoms with Gasteiger partial charge in [-0.15, -0.1) is 0 Å². The van der Waals surface area contributed by atoms with Gasteiger partial charge in [0.2, 0.25) is 5.91 Å². The summed E-state index contributed by atoms with van der Waals surface area (Å²) >= 11 is 3.40. The molecule has 33 heavy (non-hydrogen) atoms. The largest absolute Gasteiger partial charge is 0.325 e. The van der Waals surface area contributed by atoms with Crippen molar-refractivity contribution in [1.29, 1.82) is 0 Å². The fraction of sp³-hybridized carbons (Fsp3) is 0.115. The molecule has 1 N–H and O–H groups in total. The summed E-state index contributed by atoms with van der Waals surface area (Å²) in [6.07, 6.45) is 1.59. The number of aromatic nitrogens is 3. The zero-order chi connectivity index (χ0) is 22.9. The number of carbonyl (C=O) groups is 1. The molecule has 0 saturated carbocycles. The summed E-state index contributed by atoms with van der Waals surface area (Å²) in [5.74, 6) is -0.213. The van der Waals surface area contributed by atoms with Crippen LogP contribution in [0.15, 0.2) is 88.4 Å². The molecule has 5 aromatic rings. The Morgan fingerprint density at radius 2 is 1.79 bits per heavy atom. The van der Waals surface area contributed by atoms with Crippen LogP contribution < -0.4 is 10.9 Å². The normalized spacial score (nSPS) is 11.2. The van der Waals surface area contributed by atoms with E-state index in [0.717, 1.165) is 26.5 Å². The lowest BCUT2D eigenvalue weighted by molar-refractivity contribution is -0.116. The van der Waals surface area contributed by atoms with Crippen molar-refractivity contribution < 1.29 is 4.79 Å². The fourth-order valence-corrected chi connectivity index (χ4v) is 4.31. The number of rotatable bonds is 5. The molecule has 0 saturated heterocycles. The van der Waals surface area contributed by atoms with Crippen molar-refractivity contribution in [2.24, 2.45) is 0 Å². The quantitative estimate of drug-likeness (QED) is 0.364. The molecular formula is C26H21BrN4O2. The van der Waals surface area contributed by atoms with Crippen molar-refractivity contribution in [3.63, 3.8) is 0 Å². The van der Waals surface area contributed by atoms with Gasteiger partial charge in [-0.2, -0.15) is 0 Å². The molecule has 0 unspecified atom stereocenters. The molecule has 3 aromatic carbocycles. The van der Waals surface area contributed by atoms with Gasteiger partial charge in [0.05, 0.1) is 18.4 Å². The van der Waals surface area contributed by atoms with E-state index in [1.807, 2.05) is 79.7 Å². The van der Waals surface area contributed by atoms with E-state index in [1.54, 1.807) is 15.5 Å². The van der Waals surface area contributed by atoms with Crippen LogP contribution in [0.4, 0.5) is 5.69 Å². The van der Waals surface area contributed by atoms with E-state index < -0.39 is 0 Å². The summed E-state index contributed by atoms with van der Waals surface area (Å²) in [6.45, 7) is 2.42. The number of fused-ring (bicyclic) bond motifs is 3. The number of nitrogens with zero attached hydrogens (tertiary/aromatic N) is 3. The lowest BCUT2D eigenvalue weighted by Crippen LogP contribution is -2.25. The Labute approximate surface area is 198 Å². The average molecular weight is 501 g/mol. The lowest BCUT2D eigenvalue weighted by Gasteiger charge is -2.10. The van der Waals surface area contributed by atoms with E-state index in [2.05, 4.69) is 26.2 Å². The molecule has 0 radical (unpaired) electrons. The molecular weight excluding hydrogens is 480 g/mol. The van der Waals surface area contributed by atoms with E-state index in [9.17, 15) is 9.59 Å². The first kappa shape index (κ1) is 21.2. The first-order valence-electron chi connectivity index (χ1n) is 10.6. The van der Waals surface area contributed by atoms with Crippen LogP contribution in [0, 0.1) is 6.92 Å². The Hall–Kier alpha value is -3.71. The van der Waals surface area contributed by atoms with Gasteiger partial charge in [0.25, 0.3) is 5.56 Å². The maximum Gasteiger partial charge on any atom is 0.278 e. The molecule has 2 aromatic heterocycles. The van der Waals surface area contributed by atoms with Crippen LogP contribution in [-0.2, 0) is 17.9 Å². The van der Waals surface area contributed by atoms with Gasteiger partial charge in [0.15, 0.2) is 0 Å². The SMILES string of the molecule is Cc1ccc2c(c1)c1ncn(Cc3ccccc3)c(=O)c1n2CC(=O)Nc1ccc(Br)cc1. The van der Waals surface area contributed by atoms with Crippen molar-refractivity contribution in [2.75, 3.05) is 5.32 Å². The van der Waals surface area contributed by atoms with E-state index in [1.165, 1.54) is 0 Å². The minimum atomic E-state index is -0.213. The van der Waals surface area contributed by atoms with Crippen LogP contribution in [0.25, 0.3) is 21.9 Å². The summed E-state index contributed by atoms with van der Waals surface area (Å²) in [7, 11) is 0. The van der Waals surface area contributed by atoms with Gasteiger partial charge < -0.3 is 9.88 Å². The lowest BCUT2D eigenvalue weighted by atomic mass is 10.1. The Morgan fingerprint density at radius 1 is 1.03 bits per heavy atom. The zero-order valence-electron chi connectivity index (χ0n) is 18.0. The summed E-state index contributed by atoms with van der Waals surface area (Å²) in [6, 6.07) is 23.1. The first-order chi connectivity index (χ1) is 16.0. The molecule has 0 fully saturated rings. The highest BCUT2D eigenvalue weighted by Gasteiger charge is 2.19. The molecule has 0 aliphatic heterocycles. The maximum absolute atomic E-state index is 13.6. The predicted molar refractivity (Wildman–Crippen MR) is 135 cm³/mol. The van der Waals surface area contributed by atoms with Crippen LogP contribution in [0.1, 0.15) is 11.1 Å². The van der Waals surface area contributed by atoms with E-state index in [0.29, 0.717) is 23.3 Å². The second-order valence-corrected chi connectivity index (χ2v) is 8.94. The summed E-state index contributed by atoms with van der Waals surface area (Å²) < 4.78 is 4.30. The number of amides is 1. The molecule has 0 spiro atoms. The molecule has 5 rings (SSSR count). The topological polar surface area (TPSA) is 68.9 Å². The van der Waals surface area contributed by atoms with Crippen LogP contribution in [-0.4, -0.2) is 20.0 Å². The number of nitrogens with one attached hydrogen (secondary N) is 1. The third-order valence-corrected chi connectivity index (χ3v) is 6.14. The summed E-state index contributed by atoms with van der Waals surface area (Å²) in [5, 5.41) is 3.78. The Morgan fingerprint density at radius 3 is 2.55 bits per heavy atom. The van der Waals surface area contributed by atoms with Crippen molar-refractivity contribution in [1.82, 2.24) is 14.1 Å². The highest BCUT2D eigenvalue weighted by atomic mass is 79.9.